The molecule has 140 valence electrons. The van der Waals surface area contributed by atoms with Crippen molar-refractivity contribution in [1.82, 2.24) is 0 Å². The second kappa shape index (κ2) is 8.87. The number of benzene rings is 3. The van der Waals surface area contributed by atoms with E-state index in [9.17, 15) is 15.2 Å². The standard InChI is InChI=1S/C19H15N5O3S/c1-28-13-10-11-19(25)17(12-13)23-21-15-7-3-2-6-14(15)20-22-16-8-4-5-9-18(16)24(26)27/h2-12,25H,1H3. The van der Waals surface area contributed by atoms with Crippen molar-refractivity contribution < 1.29 is 10.0 Å². The smallest absolute Gasteiger partial charge is 0.296 e. The van der Waals surface area contributed by atoms with E-state index in [4.69, 9.17) is 0 Å². The second-order valence-electron chi connectivity index (χ2n) is 5.49. The van der Waals surface area contributed by atoms with E-state index in [0.717, 1.165) is 4.90 Å². The summed E-state index contributed by atoms with van der Waals surface area (Å²) in [5.41, 5.74) is 1.15. The lowest BCUT2D eigenvalue weighted by molar-refractivity contribution is -0.384. The summed E-state index contributed by atoms with van der Waals surface area (Å²) in [6.07, 6.45) is 1.92. The monoisotopic (exact) mass is 393 g/mol. The van der Waals surface area contributed by atoms with Crippen LogP contribution in [-0.4, -0.2) is 16.3 Å². The molecule has 0 atom stereocenters. The van der Waals surface area contributed by atoms with Crippen LogP contribution in [0.25, 0.3) is 0 Å². The number of hydrogen-bond acceptors (Lipinski definition) is 8. The van der Waals surface area contributed by atoms with Crippen LogP contribution < -0.4 is 0 Å². The topological polar surface area (TPSA) is 113 Å². The number of azo groups is 2. The predicted octanol–water partition coefficient (Wildman–Crippen LogP) is 6.85. The van der Waals surface area contributed by atoms with Crippen LogP contribution in [0.4, 0.5) is 28.4 Å². The Hall–Kier alpha value is -3.59. The van der Waals surface area contributed by atoms with Gasteiger partial charge in [0.25, 0.3) is 5.69 Å². The first kappa shape index (κ1) is 19.2. The van der Waals surface area contributed by atoms with Gasteiger partial charge in [-0.15, -0.1) is 32.2 Å². The molecule has 0 radical (unpaired) electrons. The van der Waals surface area contributed by atoms with Gasteiger partial charge in [0, 0.05) is 11.0 Å². The number of aromatic hydroxyl groups is 1. The first-order valence-corrected chi connectivity index (χ1v) is 9.34. The van der Waals surface area contributed by atoms with E-state index in [2.05, 4.69) is 20.5 Å². The highest BCUT2D eigenvalue weighted by atomic mass is 32.2. The van der Waals surface area contributed by atoms with Gasteiger partial charge in [0.1, 0.15) is 22.8 Å². The second-order valence-corrected chi connectivity index (χ2v) is 6.37. The number of phenolic OH excluding ortho intramolecular Hbond substituents is 1. The molecule has 0 bridgehead atoms. The van der Waals surface area contributed by atoms with Crippen LogP contribution >= 0.6 is 11.8 Å². The first-order chi connectivity index (χ1) is 13.6. The van der Waals surface area contributed by atoms with E-state index < -0.39 is 4.92 Å². The molecule has 0 fully saturated rings. The van der Waals surface area contributed by atoms with Gasteiger partial charge < -0.3 is 5.11 Å². The SMILES string of the molecule is CSc1ccc(O)c(N=Nc2ccccc2N=Nc2ccccc2[N+](=O)[O-])c1. The predicted molar refractivity (Wildman–Crippen MR) is 108 cm³/mol. The Labute approximate surface area is 164 Å². The maximum Gasteiger partial charge on any atom is 0.296 e. The third kappa shape index (κ3) is 4.57. The fourth-order valence-corrected chi connectivity index (χ4v) is 2.70. The first-order valence-electron chi connectivity index (χ1n) is 8.11. The van der Waals surface area contributed by atoms with Crippen LogP contribution in [0.2, 0.25) is 0 Å². The highest BCUT2D eigenvalue weighted by Crippen LogP contribution is 2.35. The number of phenols is 1. The van der Waals surface area contributed by atoms with E-state index >= 15 is 0 Å². The van der Waals surface area contributed by atoms with Crippen LogP contribution in [-0.2, 0) is 0 Å². The summed E-state index contributed by atoms with van der Waals surface area (Å²) in [5.74, 6) is 0.0144. The third-order valence-electron chi connectivity index (χ3n) is 3.67. The summed E-state index contributed by atoms with van der Waals surface area (Å²) >= 11 is 1.52. The minimum absolute atomic E-state index is 0.0144. The number of para-hydroxylation sites is 1. The molecule has 8 nitrogen and oxygen atoms in total. The van der Waals surface area contributed by atoms with Gasteiger partial charge in [0.2, 0.25) is 0 Å². The van der Waals surface area contributed by atoms with Crippen molar-refractivity contribution in [3.63, 3.8) is 0 Å². The molecule has 0 unspecified atom stereocenters. The minimum atomic E-state index is -0.512. The van der Waals surface area contributed by atoms with Crippen molar-refractivity contribution in [2.45, 2.75) is 4.90 Å². The molecule has 3 rings (SSSR count). The van der Waals surface area contributed by atoms with Crippen molar-refractivity contribution in [3.05, 3.63) is 76.8 Å². The Morgan fingerprint density at radius 2 is 1.36 bits per heavy atom. The van der Waals surface area contributed by atoms with Gasteiger partial charge in [-0.2, -0.15) is 0 Å². The molecule has 3 aromatic rings. The summed E-state index contributed by atoms with van der Waals surface area (Å²) in [7, 11) is 0. The van der Waals surface area contributed by atoms with Gasteiger partial charge in [-0.1, -0.05) is 24.3 Å². The lowest BCUT2D eigenvalue weighted by atomic mass is 10.3. The van der Waals surface area contributed by atoms with Gasteiger partial charge in [0.15, 0.2) is 5.69 Å². The van der Waals surface area contributed by atoms with Gasteiger partial charge in [-0.3, -0.25) is 10.1 Å². The molecule has 0 aromatic heterocycles. The Morgan fingerprint density at radius 1 is 0.821 bits per heavy atom. The molecule has 0 amide bonds. The molecule has 0 aliphatic heterocycles. The molecule has 0 aliphatic rings. The van der Waals surface area contributed by atoms with E-state index in [-0.39, 0.29) is 17.1 Å². The normalized spacial score (nSPS) is 11.3. The van der Waals surface area contributed by atoms with Crippen molar-refractivity contribution in [1.29, 1.82) is 0 Å². The summed E-state index contributed by atoms with van der Waals surface area (Å²) in [5, 5.41) is 37.4. The molecule has 3 aromatic carbocycles. The maximum absolute atomic E-state index is 11.1. The zero-order chi connectivity index (χ0) is 19.9. The molecule has 1 N–H and O–H groups in total. The maximum atomic E-state index is 11.1. The number of nitrogens with zero attached hydrogens (tertiary/aromatic N) is 5. The Bertz CT molecular complexity index is 1070. The van der Waals surface area contributed by atoms with Crippen LogP contribution in [0.1, 0.15) is 0 Å². The summed E-state index contributed by atoms with van der Waals surface area (Å²) in [4.78, 5) is 11.5. The van der Waals surface area contributed by atoms with Gasteiger partial charge in [-0.25, -0.2) is 0 Å². The lowest BCUT2D eigenvalue weighted by Crippen LogP contribution is -1.86. The van der Waals surface area contributed by atoms with E-state index in [1.165, 1.54) is 23.9 Å². The average molecular weight is 393 g/mol. The summed E-state index contributed by atoms with van der Waals surface area (Å²) in [6, 6.07) is 18.0. The van der Waals surface area contributed by atoms with Gasteiger partial charge in [-0.05, 0) is 42.7 Å². The van der Waals surface area contributed by atoms with Crippen molar-refractivity contribution >= 4 is 40.2 Å². The van der Waals surface area contributed by atoms with E-state index in [0.29, 0.717) is 17.1 Å². The van der Waals surface area contributed by atoms with Crippen molar-refractivity contribution in [3.8, 4) is 5.75 Å². The van der Waals surface area contributed by atoms with Gasteiger partial charge in [0.05, 0.1) is 4.92 Å². The number of nitro benzene ring substituents is 1. The zero-order valence-corrected chi connectivity index (χ0v) is 15.6. The number of nitro groups is 1. The Balaban J connectivity index is 1.91. The van der Waals surface area contributed by atoms with Crippen LogP contribution in [0.3, 0.4) is 0 Å². The Morgan fingerprint density at radius 3 is 1.96 bits per heavy atom. The van der Waals surface area contributed by atoms with Crippen LogP contribution in [0.15, 0.2) is 92.1 Å². The molecule has 0 heterocycles. The van der Waals surface area contributed by atoms with Gasteiger partial charge >= 0.3 is 0 Å². The number of hydrogen-bond donors (Lipinski definition) is 1. The molecule has 0 saturated heterocycles. The molecule has 0 aliphatic carbocycles. The fraction of sp³-hybridized carbons (Fsp3) is 0.0526. The third-order valence-corrected chi connectivity index (χ3v) is 4.40. The molecule has 0 spiro atoms. The molecular weight excluding hydrogens is 378 g/mol. The quantitative estimate of drug-likeness (QED) is 0.213. The molecular formula is C19H15N5O3S. The van der Waals surface area contributed by atoms with E-state index in [1.807, 2.05) is 6.26 Å². The van der Waals surface area contributed by atoms with Crippen molar-refractivity contribution in [2.75, 3.05) is 6.26 Å². The molecule has 28 heavy (non-hydrogen) atoms. The minimum Gasteiger partial charge on any atom is -0.506 e. The molecule has 0 saturated carbocycles. The van der Waals surface area contributed by atoms with Crippen LogP contribution in [0.5, 0.6) is 5.75 Å². The Kier molecular flexibility index (Phi) is 6.07. The van der Waals surface area contributed by atoms with Crippen LogP contribution in [0, 0.1) is 10.1 Å². The lowest BCUT2D eigenvalue weighted by Gasteiger charge is -2.02. The summed E-state index contributed by atoms with van der Waals surface area (Å²) in [6.45, 7) is 0. The fourth-order valence-electron chi connectivity index (χ4n) is 2.26. The average Bonchev–Trinajstić information content (AvgIpc) is 2.72. The number of rotatable bonds is 6. The zero-order valence-electron chi connectivity index (χ0n) is 14.8. The highest BCUT2D eigenvalue weighted by molar-refractivity contribution is 7.98. The largest absolute Gasteiger partial charge is 0.506 e. The summed E-state index contributed by atoms with van der Waals surface area (Å²) < 4.78 is 0. The van der Waals surface area contributed by atoms with Crippen molar-refractivity contribution in [2.24, 2.45) is 20.5 Å². The molecule has 9 heteroatoms. The number of thioether (sulfide) groups is 1. The highest BCUT2D eigenvalue weighted by Gasteiger charge is 2.12. The van der Waals surface area contributed by atoms with E-state index in [1.54, 1.807) is 54.6 Å².